The summed E-state index contributed by atoms with van der Waals surface area (Å²) in [5, 5.41) is 3.53. The summed E-state index contributed by atoms with van der Waals surface area (Å²) in [6.45, 7) is 8.78. The lowest BCUT2D eigenvalue weighted by Gasteiger charge is -2.33. The standard InChI is InChI=1S/C13H24N2O/c1-5-9(3)10(4)15-11(6-2)14-13(7-8-13)12(15)16/h9-11,14H,5-8H2,1-4H3. The molecule has 0 aromatic carbocycles. The van der Waals surface area contributed by atoms with E-state index in [0.29, 0.717) is 17.9 Å². The summed E-state index contributed by atoms with van der Waals surface area (Å²) in [5.74, 6) is 0.931. The Labute approximate surface area is 98.6 Å². The molecule has 1 saturated carbocycles. The van der Waals surface area contributed by atoms with Gasteiger partial charge in [0.1, 0.15) is 0 Å². The Balaban J connectivity index is 2.15. The third kappa shape index (κ3) is 1.65. The highest BCUT2D eigenvalue weighted by atomic mass is 16.2. The zero-order valence-electron chi connectivity index (χ0n) is 10.9. The van der Waals surface area contributed by atoms with Crippen molar-refractivity contribution in [3.63, 3.8) is 0 Å². The number of carbonyl (C=O) groups excluding carboxylic acids is 1. The van der Waals surface area contributed by atoms with Crippen molar-refractivity contribution < 1.29 is 4.79 Å². The highest BCUT2D eigenvalue weighted by Gasteiger charge is 2.59. The Bertz CT molecular complexity index is 286. The fraction of sp³-hybridized carbons (Fsp3) is 0.923. The van der Waals surface area contributed by atoms with Crippen LogP contribution >= 0.6 is 0 Å². The van der Waals surface area contributed by atoms with Crippen LogP contribution in [-0.2, 0) is 4.79 Å². The molecule has 0 radical (unpaired) electrons. The number of rotatable bonds is 4. The zero-order valence-corrected chi connectivity index (χ0v) is 10.9. The zero-order chi connectivity index (χ0) is 11.9. The fourth-order valence-electron chi connectivity index (χ4n) is 2.70. The van der Waals surface area contributed by atoms with E-state index in [9.17, 15) is 4.79 Å². The second-order valence-corrected chi connectivity index (χ2v) is 5.49. The molecule has 0 aromatic heterocycles. The van der Waals surface area contributed by atoms with Crippen LogP contribution < -0.4 is 5.32 Å². The minimum Gasteiger partial charge on any atom is -0.323 e. The van der Waals surface area contributed by atoms with Gasteiger partial charge in [-0.2, -0.15) is 0 Å². The number of hydrogen-bond donors (Lipinski definition) is 1. The normalized spacial score (nSPS) is 30.9. The predicted octanol–water partition coefficient (Wildman–Crippen LogP) is 2.12. The summed E-state index contributed by atoms with van der Waals surface area (Å²) in [6.07, 6.45) is 4.47. The molecule has 1 amide bonds. The van der Waals surface area contributed by atoms with Gasteiger partial charge in [0.05, 0.1) is 11.7 Å². The molecule has 1 N–H and O–H groups in total. The summed E-state index contributed by atoms with van der Waals surface area (Å²) in [4.78, 5) is 14.5. The second kappa shape index (κ2) is 4.02. The highest BCUT2D eigenvalue weighted by Crippen LogP contribution is 2.43. The Morgan fingerprint density at radius 1 is 1.44 bits per heavy atom. The van der Waals surface area contributed by atoms with Crippen molar-refractivity contribution in [2.45, 2.75) is 71.1 Å². The van der Waals surface area contributed by atoms with Crippen LogP contribution in [0.4, 0.5) is 0 Å². The van der Waals surface area contributed by atoms with Crippen LogP contribution in [0.3, 0.4) is 0 Å². The third-order valence-corrected chi connectivity index (χ3v) is 4.47. The molecule has 1 saturated heterocycles. The van der Waals surface area contributed by atoms with E-state index in [2.05, 4.69) is 37.9 Å². The van der Waals surface area contributed by atoms with Crippen LogP contribution in [0.2, 0.25) is 0 Å². The van der Waals surface area contributed by atoms with Gasteiger partial charge in [-0.3, -0.25) is 10.1 Å². The van der Waals surface area contributed by atoms with Crippen molar-refractivity contribution in [3.8, 4) is 0 Å². The molecule has 1 aliphatic carbocycles. The average Bonchev–Trinajstić information content (AvgIpc) is 3.01. The molecule has 3 nitrogen and oxygen atoms in total. The first-order chi connectivity index (χ1) is 7.55. The van der Waals surface area contributed by atoms with Crippen molar-refractivity contribution >= 4 is 5.91 Å². The summed E-state index contributed by atoms with van der Waals surface area (Å²) in [6, 6.07) is 0.356. The minimum atomic E-state index is -0.150. The maximum Gasteiger partial charge on any atom is 0.244 e. The van der Waals surface area contributed by atoms with E-state index in [4.69, 9.17) is 0 Å². The molecule has 2 fully saturated rings. The van der Waals surface area contributed by atoms with Gasteiger partial charge in [0.2, 0.25) is 5.91 Å². The molecule has 1 aliphatic heterocycles. The molecule has 2 rings (SSSR count). The Kier molecular flexibility index (Phi) is 2.99. The SMILES string of the molecule is CCC(C)C(C)N1C(=O)C2(CC2)NC1CC. The largest absolute Gasteiger partial charge is 0.323 e. The Morgan fingerprint density at radius 2 is 2.06 bits per heavy atom. The lowest BCUT2D eigenvalue weighted by Crippen LogP contribution is -2.45. The van der Waals surface area contributed by atoms with E-state index < -0.39 is 0 Å². The van der Waals surface area contributed by atoms with Gasteiger partial charge in [-0.15, -0.1) is 0 Å². The number of hydrogen-bond acceptors (Lipinski definition) is 2. The Morgan fingerprint density at radius 3 is 2.50 bits per heavy atom. The monoisotopic (exact) mass is 224 g/mol. The van der Waals surface area contributed by atoms with Gasteiger partial charge in [-0.05, 0) is 32.1 Å². The van der Waals surface area contributed by atoms with E-state index in [0.717, 1.165) is 25.7 Å². The second-order valence-electron chi connectivity index (χ2n) is 5.49. The van der Waals surface area contributed by atoms with Gasteiger partial charge in [-0.25, -0.2) is 0 Å². The molecule has 0 bridgehead atoms. The van der Waals surface area contributed by atoms with Crippen molar-refractivity contribution in [2.24, 2.45) is 5.92 Å². The Hall–Kier alpha value is -0.570. The van der Waals surface area contributed by atoms with E-state index in [1.54, 1.807) is 0 Å². The van der Waals surface area contributed by atoms with Crippen LogP contribution in [0.25, 0.3) is 0 Å². The summed E-state index contributed by atoms with van der Waals surface area (Å²) in [5.41, 5.74) is -0.150. The summed E-state index contributed by atoms with van der Waals surface area (Å²) in [7, 11) is 0. The molecule has 92 valence electrons. The number of nitrogens with one attached hydrogen (secondary N) is 1. The van der Waals surface area contributed by atoms with Gasteiger partial charge in [0.25, 0.3) is 0 Å². The van der Waals surface area contributed by atoms with Crippen LogP contribution in [0.15, 0.2) is 0 Å². The smallest absolute Gasteiger partial charge is 0.244 e. The molecular formula is C13H24N2O. The first-order valence-electron chi connectivity index (χ1n) is 6.66. The molecule has 1 heterocycles. The molecule has 3 heteroatoms. The van der Waals surface area contributed by atoms with E-state index in [1.165, 1.54) is 0 Å². The van der Waals surface area contributed by atoms with Gasteiger partial charge < -0.3 is 4.90 Å². The minimum absolute atomic E-state index is 0.150. The quantitative estimate of drug-likeness (QED) is 0.793. The molecular weight excluding hydrogens is 200 g/mol. The number of carbonyl (C=O) groups is 1. The van der Waals surface area contributed by atoms with Crippen molar-refractivity contribution in [1.82, 2.24) is 10.2 Å². The van der Waals surface area contributed by atoms with Crippen LogP contribution in [-0.4, -0.2) is 28.6 Å². The molecule has 2 aliphatic rings. The summed E-state index contributed by atoms with van der Waals surface area (Å²) < 4.78 is 0. The molecule has 3 unspecified atom stereocenters. The maximum absolute atomic E-state index is 12.4. The molecule has 3 atom stereocenters. The van der Waals surface area contributed by atoms with Crippen molar-refractivity contribution in [1.29, 1.82) is 0 Å². The molecule has 16 heavy (non-hydrogen) atoms. The van der Waals surface area contributed by atoms with Gasteiger partial charge in [-0.1, -0.05) is 27.2 Å². The van der Waals surface area contributed by atoms with Crippen LogP contribution in [0.5, 0.6) is 0 Å². The lowest BCUT2D eigenvalue weighted by atomic mass is 9.98. The topological polar surface area (TPSA) is 32.3 Å². The van der Waals surface area contributed by atoms with Gasteiger partial charge in [0, 0.05) is 6.04 Å². The van der Waals surface area contributed by atoms with E-state index in [-0.39, 0.29) is 11.7 Å². The van der Waals surface area contributed by atoms with Gasteiger partial charge >= 0.3 is 0 Å². The fourth-order valence-corrected chi connectivity index (χ4v) is 2.70. The predicted molar refractivity (Wildman–Crippen MR) is 64.9 cm³/mol. The van der Waals surface area contributed by atoms with Crippen LogP contribution in [0, 0.1) is 5.92 Å². The maximum atomic E-state index is 12.4. The first kappa shape index (κ1) is 11.9. The first-order valence-corrected chi connectivity index (χ1v) is 6.66. The number of amides is 1. The summed E-state index contributed by atoms with van der Waals surface area (Å²) >= 11 is 0. The highest BCUT2D eigenvalue weighted by molar-refractivity contribution is 5.92. The lowest BCUT2D eigenvalue weighted by molar-refractivity contribution is -0.133. The van der Waals surface area contributed by atoms with Crippen molar-refractivity contribution in [3.05, 3.63) is 0 Å². The van der Waals surface area contributed by atoms with E-state index >= 15 is 0 Å². The van der Waals surface area contributed by atoms with Crippen molar-refractivity contribution in [2.75, 3.05) is 0 Å². The van der Waals surface area contributed by atoms with Gasteiger partial charge in [0.15, 0.2) is 0 Å². The van der Waals surface area contributed by atoms with Crippen LogP contribution in [0.1, 0.15) is 53.4 Å². The van der Waals surface area contributed by atoms with E-state index in [1.807, 2.05) is 0 Å². The average molecular weight is 224 g/mol. The number of nitrogens with zero attached hydrogens (tertiary/aromatic N) is 1. The molecule has 1 spiro atoms. The molecule has 0 aromatic rings. The third-order valence-electron chi connectivity index (χ3n) is 4.47.